The van der Waals surface area contributed by atoms with Crippen molar-refractivity contribution in [3.05, 3.63) is 27.7 Å². The molecule has 1 N–H and O–H groups in total. The standard InChI is InChI=1S/C14H21BrN2O/c1-5-16-13-10(4)8-11(15)9-12(13)14(18)17(6-2)7-3/h8-9,16H,5-7H2,1-4H3. The van der Waals surface area contributed by atoms with Gasteiger partial charge in [0, 0.05) is 29.8 Å². The van der Waals surface area contributed by atoms with Crippen molar-refractivity contribution in [2.45, 2.75) is 27.7 Å². The van der Waals surface area contributed by atoms with Crippen LogP contribution in [0.15, 0.2) is 16.6 Å². The number of anilines is 1. The minimum Gasteiger partial charge on any atom is -0.384 e. The third-order valence-electron chi connectivity index (χ3n) is 2.93. The van der Waals surface area contributed by atoms with Gasteiger partial charge in [-0.2, -0.15) is 0 Å². The van der Waals surface area contributed by atoms with Gasteiger partial charge in [0.2, 0.25) is 0 Å². The summed E-state index contributed by atoms with van der Waals surface area (Å²) in [5, 5.41) is 3.29. The van der Waals surface area contributed by atoms with Crippen LogP contribution in [0.1, 0.15) is 36.7 Å². The number of rotatable bonds is 5. The largest absolute Gasteiger partial charge is 0.384 e. The van der Waals surface area contributed by atoms with Gasteiger partial charge in [0.05, 0.1) is 5.56 Å². The number of nitrogens with one attached hydrogen (secondary N) is 1. The number of halogens is 1. The second kappa shape index (κ2) is 6.78. The molecule has 1 aromatic rings. The summed E-state index contributed by atoms with van der Waals surface area (Å²) in [5.41, 5.74) is 2.77. The van der Waals surface area contributed by atoms with E-state index in [1.54, 1.807) is 0 Å². The van der Waals surface area contributed by atoms with E-state index in [1.807, 2.05) is 44.7 Å². The molecule has 0 heterocycles. The summed E-state index contributed by atoms with van der Waals surface area (Å²) in [7, 11) is 0. The van der Waals surface area contributed by atoms with Crippen molar-refractivity contribution in [1.82, 2.24) is 4.90 Å². The number of hydrogen-bond acceptors (Lipinski definition) is 2. The number of carbonyl (C=O) groups is 1. The normalized spacial score (nSPS) is 10.3. The minimum atomic E-state index is 0.0837. The average molecular weight is 313 g/mol. The minimum absolute atomic E-state index is 0.0837. The summed E-state index contributed by atoms with van der Waals surface area (Å²) in [4.78, 5) is 14.3. The molecule has 0 spiro atoms. The fraction of sp³-hybridized carbons (Fsp3) is 0.500. The van der Waals surface area contributed by atoms with Crippen molar-refractivity contribution >= 4 is 27.5 Å². The van der Waals surface area contributed by atoms with Crippen LogP contribution in [0.3, 0.4) is 0 Å². The van der Waals surface area contributed by atoms with E-state index in [4.69, 9.17) is 0 Å². The third kappa shape index (κ3) is 3.25. The van der Waals surface area contributed by atoms with Crippen LogP contribution in [-0.4, -0.2) is 30.4 Å². The molecular formula is C14H21BrN2O. The zero-order valence-electron chi connectivity index (χ0n) is 11.5. The van der Waals surface area contributed by atoms with E-state index >= 15 is 0 Å². The molecule has 1 amide bonds. The van der Waals surface area contributed by atoms with E-state index < -0.39 is 0 Å². The second-order valence-electron chi connectivity index (χ2n) is 4.15. The molecule has 0 radical (unpaired) electrons. The van der Waals surface area contributed by atoms with Crippen LogP contribution < -0.4 is 5.32 Å². The number of nitrogens with zero attached hydrogens (tertiary/aromatic N) is 1. The Morgan fingerprint density at radius 3 is 2.39 bits per heavy atom. The Hall–Kier alpha value is -1.03. The third-order valence-corrected chi connectivity index (χ3v) is 3.39. The quantitative estimate of drug-likeness (QED) is 0.899. The highest BCUT2D eigenvalue weighted by molar-refractivity contribution is 9.10. The van der Waals surface area contributed by atoms with Gasteiger partial charge in [-0.3, -0.25) is 4.79 Å². The maximum atomic E-state index is 12.5. The smallest absolute Gasteiger partial charge is 0.255 e. The summed E-state index contributed by atoms with van der Waals surface area (Å²) >= 11 is 3.46. The Balaban J connectivity index is 3.24. The van der Waals surface area contributed by atoms with Crippen molar-refractivity contribution in [1.29, 1.82) is 0 Å². The van der Waals surface area contributed by atoms with Crippen LogP contribution in [0.4, 0.5) is 5.69 Å². The molecule has 0 aromatic heterocycles. The molecule has 0 saturated heterocycles. The average Bonchev–Trinajstić information content (AvgIpc) is 2.33. The lowest BCUT2D eigenvalue weighted by Gasteiger charge is -2.22. The highest BCUT2D eigenvalue weighted by atomic mass is 79.9. The fourth-order valence-electron chi connectivity index (χ4n) is 2.00. The predicted octanol–water partition coefficient (Wildman–Crippen LogP) is 3.67. The number of carbonyl (C=O) groups excluding carboxylic acids is 1. The Kier molecular flexibility index (Phi) is 5.66. The molecule has 0 aliphatic rings. The summed E-state index contributed by atoms with van der Waals surface area (Å²) in [6, 6.07) is 3.92. The van der Waals surface area contributed by atoms with Gasteiger partial charge in [-0.05, 0) is 45.4 Å². The highest BCUT2D eigenvalue weighted by Crippen LogP contribution is 2.27. The summed E-state index contributed by atoms with van der Waals surface area (Å²) in [5.74, 6) is 0.0837. The highest BCUT2D eigenvalue weighted by Gasteiger charge is 2.18. The van der Waals surface area contributed by atoms with Crippen molar-refractivity contribution in [2.75, 3.05) is 25.0 Å². The van der Waals surface area contributed by atoms with Gasteiger partial charge in [0.25, 0.3) is 5.91 Å². The number of benzene rings is 1. The monoisotopic (exact) mass is 312 g/mol. The van der Waals surface area contributed by atoms with Crippen molar-refractivity contribution in [3.63, 3.8) is 0 Å². The van der Waals surface area contributed by atoms with Crippen molar-refractivity contribution in [2.24, 2.45) is 0 Å². The molecule has 3 nitrogen and oxygen atoms in total. The van der Waals surface area contributed by atoms with Gasteiger partial charge in [-0.1, -0.05) is 15.9 Å². The van der Waals surface area contributed by atoms with Gasteiger partial charge in [0.1, 0.15) is 0 Å². The first-order chi connectivity index (χ1) is 8.54. The zero-order chi connectivity index (χ0) is 13.7. The SMILES string of the molecule is CCNc1c(C)cc(Br)cc1C(=O)N(CC)CC. The predicted molar refractivity (Wildman–Crippen MR) is 80.3 cm³/mol. The Morgan fingerprint density at radius 1 is 1.28 bits per heavy atom. The van der Waals surface area contributed by atoms with E-state index in [9.17, 15) is 4.79 Å². The Labute approximate surface area is 118 Å². The Bertz CT molecular complexity index is 428. The van der Waals surface area contributed by atoms with E-state index in [-0.39, 0.29) is 5.91 Å². The first-order valence-corrected chi connectivity index (χ1v) is 7.17. The molecule has 0 aliphatic heterocycles. The maximum Gasteiger partial charge on any atom is 0.255 e. The molecule has 18 heavy (non-hydrogen) atoms. The van der Waals surface area contributed by atoms with E-state index in [0.717, 1.165) is 40.9 Å². The molecule has 1 aromatic carbocycles. The van der Waals surface area contributed by atoms with Crippen LogP contribution in [0.5, 0.6) is 0 Å². The molecule has 100 valence electrons. The molecule has 0 unspecified atom stereocenters. The van der Waals surface area contributed by atoms with Crippen molar-refractivity contribution < 1.29 is 4.79 Å². The zero-order valence-corrected chi connectivity index (χ0v) is 13.1. The molecule has 0 fully saturated rings. The molecule has 0 atom stereocenters. The topological polar surface area (TPSA) is 32.3 Å². The lowest BCUT2D eigenvalue weighted by Crippen LogP contribution is -2.31. The number of aryl methyl sites for hydroxylation is 1. The van der Waals surface area contributed by atoms with Crippen LogP contribution in [0.25, 0.3) is 0 Å². The molecule has 0 bridgehead atoms. The van der Waals surface area contributed by atoms with E-state index in [0.29, 0.717) is 0 Å². The van der Waals surface area contributed by atoms with E-state index in [1.165, 1.54) is 0 Å². The van der Waals surface area contributed by atoms with Gasteiger partial charge in [-0.15, -0.1) is 0 Å². The summed E-state index contributed by atoms with van der Waals surface area (Å²) in [6.07, 6.45) is 0. The van der Waals surface area contributed by atoms with Crippen LogP contribution in [-0.2, 0) is 0 Å². The molecule has 4 heteroatoms. The van der Waals surface area contributed by atoms with Crippen LogP contribution in [0, 0.1) is 6.92 Å². The van der Waals surface area contributed by atoms with Gasteiger partial charge >= 0.3 is 0 Å². The molecule has 0 aliphatic carbocycles. The summed E-state index contributed by atoms with van der Waals surface area (Å²) < 4.78 is 0.942. The van der Waals surface area contributed by atoms with Gasteiger partial charge in [-0.25, -0.2) is 0 Å². The molecule has 1 rings (SSSR count). The lowest BCUT2D eigenvalue weighted by molar-refractivity contribution is 0.0774. The van der Waals surface area contributed by atoms with Crippen LogP contribution >= 0.6 is 15.9 Å². The second-order valence-corrected chi connectivity index (χ2v) is 5.07. The number of hydrogen-bond donors (Lipinski definition) is 1. The Morgan fingerprint density at radius 2 is 1.89 bits per heavy atom. The summed E-state index contributed by atoms with van der Waals surface area (Å²) in [6.45, 7) is 10.3. The van der Waals surface area contributed by atoms with E-state index in [2.05, 4.69) is 21.2 Å². The lowest BCUT2D eigenvalue weighted by atomic mass is 10.1. The van der Waals surface area contributed by atoms with Crippen molar-refractivity contribution in [3.8, 4) is 0 Å². The fourth-order valence-corrected chi connectivity index (χ4v) is 2.58. The number of amides is 1. The van der Waals surface area contributed by atoms with Gasteiger partial charge < -0.3 is 10.2 Å². The first kappa shape index (κ1) is 15.0. The maximum absolute atomic E-state index is 12.5. The molecular weight excluding hydrogens is 292 g/mol. The first-order valence-electron chi connectivity index (χ1n) is 6.38. The van der Waals surface area contributed by atoms with Gasteiger partial charge in [0.15, 0.2) is 0 Å². The molecule has 0 saturated carbocycles. The van der Waals surface area contributed by atoms with Crippen LogP contribution in [0.2, 0.25) is 0 Å².